The summed E-state index contributed by atoms with van der Waals surface area (Å²) in [6.07, 6.45) is 16.0. The van der Waals surface area contributed by atoms with Crippen molar-refractivity contribution in [3.05, 3.63) is 126 Å². The predicted octanol–water partition coefficient (Wildman–Crippen LogP) is 10.1. The largest absolute Gasteiger partial charge is 0.278 e. The number of aromatic nitrogens is 4. The smallest absolute Gasteiger partial charge is 0.238 e. The van der Waals surface area contributed by atoms with E-state index in [1.54, 1.807) is 11.1 Å². The van der Waals surface area contributed by atoms with Crippen LogP contribution in [0.25, 0.3) is 55.8 Å². The fourth-order valence-corrected chi connectivity index (χ4v) is 12.4. The number of fused-ring (bicyclic) bond motifs is 12. The summed E-state index contributed by atoms with van der Waals surface area (Å²) in [5, 5.41) is 2.59. The van der Waals surface area contributed by atoms with Crippen LogP contribution in [0.1, 0.15) is 61.9 Å². The van der Waals surface area contributed by atoms with Crippen LogP contribution in [0.2, 0.25) is 0 Å². The molecule has 0 amide bonds. The minimum Gasteiger partial charge on any atom is -0.278 e. The number of para-hydroxylation sites is 1. The molecule has 12 rings (SSSR count). The van der Waals surface area contributed by atoms with Crippen LogP contribution in [0.15, 0.2) is 109 Å². The first-order valence-electron chi connectivity index (χ1n) is 18.1. The normalized spacial score (nSPS) is 30.1. The third kappa shape index (κ3) is 3.07. The van der Waals surface area contributed by atoms with Crippen molar-refractivity contribution in [2.45, 2.75) is 50.4 Å². The molecule has 4 nitrogen and oxygen atoms in total. The zero-order chi connectivity index (χ0) is 31.2. The van der Waals surface area contributed by atoms with Gasteiger partial charge in [-0.25, -0.2) is 4.98 Å². The molecule has 4 fully saturated rings. The Morgan fingerprint density at radius 2 is 1.40 bits per heavy atom. The van der Waals surface area contributed by atoms with Crippen LogP contribution in [-0.4, -0.2) is 19.5 Å². The summed E-state index contributed by atoms with van der Waals surface area (Å²) < 4.78 is 2.31. The Bertz CT molecular complexity index is 2410. The second-order valence-electron chi connectivity index (χ2n) is 15.7. The molecule has 4 atom stereocenters. The lowest BCUT2D eigenvalue weighted by atomic mass is 9.38. The highest BCUT2D eigenvalue weighted by Gasteiger charge is 2.79. The first-order chi connectivity index (χ1) is 23.7. The molecule has 0 radical (unpaired) electrons. The molecule has 6 aliphatic carbocycles. The van der Waals surface area contributed by atoms with Crippen LogP contribution in [0.4, 0.5) is 0 Å². The molecule has 4 saturated carbocycles. The third-order valence-corrected chi connectivity index (χ3v) is 13.7. The monoisotopic (exact) mass is 620 g/mol. The quantitative estimate of drug-likeness (QED) is 0.198. The molecule has 0 saturated heterocycles. The highest BCUT2D eigenvalue weighted by molar-refractivity contribution is 6.11. The Labute approximate surface area is 280 Å². The van der Waals surface area contributed by atoms with E-state index in [1.807, 2.05) is 6.07 Å². The number of nitrogens with zero attached hydrogens (tertiary/aromatic N) is 4. The van der Waals surface area contributed by atoms with E-state index >= 15 is 0 Å². The summed E-state index contributed by atoms with van der Waals surface area (Å²) in [6, 6.07) is 33.8. The molecule has 2 aromatic heterocycles. The van der Waals surface area contributed by atoms with Gasteiger partial charge in [-0.3, -0.25) is 4.57 Å². The molecule has 4 aromatic carbocycles. The molecule has 2 heterocycles. The summed E-state index contributed by atoms with van der Waals surface area (Å²) in [6.45, 7) is 0. The van der Waals surface area contributed by atoms with Gasteiger partial charge < -0.3 is 0 Å². The molecule has 0 aliphatic heterocycles. The number of benzene rings is 4. The van der Waals surface area contributed by atoms with E-state index in [9.17, 15) is 0 Å². The van der Waals surface area contributed by atoms with Crippen molar-refractivity contribution in [1.82, 2.24) is 19.5 Å². The van der Waals surface area contributed by atoms with Crippen molar-refractivity contribution in [1.29, 1.82) is 0 Å². The lowest BCUT2D eigenvalue weighted by Gasteiger charge is -2.64. The van der Waals surface area contributed by atoms with Crippen molar-refractivity contribution in [2.24, 2.45) is 29.1 Å². The van der Waals surface area contributed by atoms with Gasteiger partial charge >= 0.3 is 0 Å². The average Bonchev–Trinajstić information content (AvgIpc) is 3.78. The number of rotatable bonds is 3. The van der Waals surface area contributed by atoms with Crippen LogP contribution in [0, 0.1) is 29.1 Å². The van der Waals surface area contributed by atoms with Crippen molar-refractivity contribution in [3.63, 3.8) is 0 Å². The zero-order valence-corrected chi connectivity index (χ0v) is 26.9. The van der Waals surface area contributed by atoms with Gasteiger partial charge in [-0.2, -0.15) is 9.97 Å². The molecule has 4 heteroatoms. The topological polar surface area (TPSA) is 43.6 Å². The summed E-state index contributed by atoms with van der Waals surface area (Å²) in [5.41, 5.74) is 11.2. The van der Waals surface area contributed by atoms with Crippen molar-refractivity contribution in [3.8, 4) is 28.5 Å². The Balaban J connectivity index is 1.14. The van der Waals surface area contributed by atoms with Crippen LogP contribution in [-0.2, 0) is 5.41 Å². The Kier molecular flexibility index (Phi) is 4.90. The molecular formula is C44H36N4. The van der Waals surface area contributed by atoms with Gasteiger partial charge in [-0.1, -0.05) is 91.0 Å². The van der Waals surface area contributed by atoms with Gasteiger partial charge in [-0.05, 0) is 114 Å². The number of allylic oxidation sites excluding steroid dienone is 4. The Morgan fingerprint density at radius 3 is 2.23 bits per heavy atom. The van der Waals surface area contributed by atoms with Gasteiger partial charge in [-0.15, -0.1) is 0 Å². The summed E-state index contributed by atoms with van der Waals surface area (Å²) in [7, 11) is 0. The van der Waals surface area contributed by atoms with Gasteiger partial charge in [0.25, 0.3) is 0 Å². The summed E-state index contributed by atoms with van der Waals surface area (Å²) in [4.78, 5) is 15.5. The van der Waals surface area contributed by atoms with Gasteiger partial charge in [0.1, 0.15) is 0 Å². The molecule has 4 unspecified atom stereocenters. The molecule has 3 bridgehead atoms. The second kappa shape index (κ2) is 8.99. The minimum absolute atomic E-state index is 0.161. The van der Waals surface area contributed by atoms with Gasteiger partial charge in [0.2, 0.25) is 5.95 Å². The molecule has 0 N–H and O–H groups in total. The predicted molar refractivity (Wildman–Crippen MR) is 192 cm³/mol. The summed E-state index contributed by atoms with van der Waals surface area (Å²) >= 11 is 0. The third-order valence-electron chi connectivity index (χ3n) is 13.7. The van der Waals surface area contributed by atoms with Crippen LogP contribution in [0.3, 0.4) is 0 Å². The van der Waals surface area contributed by atoms with E-state index in [4.69, 9.17) is 15.0 Å². The van der Waals surface area contributed by atoms with Crippen molar-refractivity contribution in [2.75, 3.05) is 0 Å². The highest BCUT2D eigenvalue weighted by atomic mass is 15.2. The van der Waals surface area contributed by atoms with E-state index in [0.717, 1.165) is 59.0 Å². The standard InChI is InChI=1S/C44H36N4/c1-3-11-28(12-4-1)40-45-41(29-13-5-2-6-14-29)47-42(46-40)48-36-18-10-8-16-31(36)33-22-35-32(23-37(33)48)30-15-7-9-17-34(30)44(35)38-20-26-19-27-21-39(44)43(38,24-26)25-27/h1,3-5,7-18,22-23,26-27,38-39H,2,6,19-21,24-25H2. The van der Waals surface area contributed by atoms with E-state index in [0.29, 0.717) is 17.2 Å². The fourth-order valence-electron chi connectivity index (χ4n) is 12.4. The highest BCUT2D eigenvalue weighted by Crippen LogP contribution is 2.85. The van der Waals surface area contributed by atoms with Crippen molar-refractivity contribution >= 4 is 27.4 Å². The van der Waals surface area contributed by atoms with Gasteiger partial charge in [0.15, 0.2) is 11.6 Å². The summed E-state index contributed by atoms with van der Waals surface area (Å²) in [5.74, 6) is 5.54. The lowest BCUT2D eigenvalue weighted by molar-refractivity contribution is -0.0819. The molecule has 2 spiro atoms. The van der Waals surface area contributed by atoms with E-state index < -0.39 is 0 Å². The molecule has 232 valence electrons. The molecular weight excluding hydrogens is 585 g/mol. The maximum absolute atomic E-state index is 5.24. The Morgan fingerprint density at radius 1 is 0.625 bits per heavy atom. The Hall–Kier alpha value is -4.83. The van der Waals surface area contributed by atoms with E-state index in [1.165, 1.54) is 59.5 Å². The molecule has 48 heavy (non-hydrogen) atoms. The van der Waals surface area contributed by atoms with Crippen LogP contribution < -0.4 is 0 Å². The SMILES string of the molecule is C1=CC(c2nc(-c3ccccc3)nc(-n3c4ccccc4c4cc5c(cc43)-c3ccccc3C53C4CC5CC6CC3C4(C5)C6)n2)=CCC1. The fraction of sp³-hybridized carbons (Fsp3) is 0.295. The first kappa shape index (κ1) is 26.2. The maximum Gasteiger partial charge on any atom is 0.238 e. The minimum atomic E-state index is 0.161. The molecule has 6 aromatic rings. The first-order valence-corrected chi connectivity index (χ1v) is 18.1. The lowest BCUT2D eigenvalue weighted by Crippen LogP contribution is -2.62. The second-order valence-corrected chi connectivity index (χ2v) is 15.7. The van der Waals surface area contributed by atoms with Crippen molar-refractivity contribution < 1.29 is 0 Å². The van der Waals surface area contributed by atoms with Gasteiger partial charge in [0.05, 0.1) is 11.0 Å². The van der Waals surface area contributed by atoms with E-state index in [2.05, 4.69) is 108 Å². The van der Waals surface area contributed by atoms with Crippen LogP contribution >= 0.6 is 0 Å². The van der Waals surface area contributed by atoms with Gasteiger partial charge in [0, 0.05) is 27.3 Å². The maximum atomic E-state index is 5.24. The number of hydrogen-bond donors (Lipinski definition) is 0. The van der Waals surface area contributed by atoms with Crippen LogP contribution in [0.5, 0.6) is 0 Å². The average molecular weight is 621 g/mol. The zero-order valence-electron chi connectivity index (χ0n) is 26.9. The molecule has 6 aliphatic rings. The van der Waals surface area contributed by atoms with E-state index in [-0.39, 0.29) is 5.41 Å². The number of hydrogen-bond acceptors (Lipinski definition) is 3.